The molecule has 5 nitrogen and oxygen atoms in total. The number of hydrogen-bond acceptors (Lipinski definition) is 4. The van der Waals surface area contributed by atoms with Crippen LogP contribution < -0.4 is 0 Å². The van der Waals surface area contributed by atoms with E-state index in [1.54, 1.807) is 11.3 Å². The largest absolute Gasteiger partial charge is 0.480 e. The zero-order chi connectivity index (χ0) is 15.4. The molecule has 1 aromatic rings. The molecule has 1 fully saturated rings. The second kappa shape index (κ2) is 7.04. The lowest BCUT2D eigenvalue weighted by molar-refractivity contribution is -0.145. The van der Waals surface area contributed by atoms with E-state index in [0.717, 1.165) is 11.3 Å². The molecule has 1 aliphatic heterocycles. The van der Waals surface area contributed by atoms with Crippen molar-refractivity contribution < 1.29 is 19.4 Å². The minimum Gasteiger partial charge on any atom is -0.480 e. The molecule has 1 saturated heterocycles. The Morgan fingerprint density at radius 2 is 2.10 bits per heavy atom. The molecule has 116 valence electrons. The third kappa shape index (κ3) is 4.04. The molecular weight excluding hydrogens is 290 g/mol. The first-order valence-corrected chi connectivity index (χ1v) is 8.05. The Labute approximate surface area is 128 Å². The maximum absolute atomic E-state index is 12.5. The lowest BCUT2D eigenvalue weighted by atomic mass is 10.1. The van der Waals surface area contributed by atoms with Crippen LogP contribution in [0.3, 0.4) is 0 Å². The Hall–Kier alpha value is -1.40. The lowest BCUT2D eigenvalue weighted by Gasteiger charge is -2.31. The van der Waals surface area contributed by atoms with Gasteiger partial charge in [0.1, 0.15) is 6.61 Å². The average Bonchev–Trinajstić information content (AvgIpc) is 2.86. The molecule has 0 aliphatic carbocycles. The molecule has 2 heterocycles. The van der Waals surface area contributed by atoms with E-state index in [1.807, 2.05) is 17.9 Å². The Bertz CT molecular complexity index is 518. The highest BCUT2D eigenvalue weighted by Crippen LogP contribution is 2.25. The van der Waals surface area contributed by atoms with Gasteiger partial charge in [-0.1, -0.05) is 6.92 Å². The Morgan fingerprint density at radius 1 is 1.43 bits per heavy atom. The fourth-order valence-electron chi connectivity index (χ4n) is 2.55. The van der Waals surface area contributed by atoms with Crippen molar-refractivity contribution in [3.8, 4) is 0 Å². The van der Waals surface area contributed by atoms with Crippen molar-refractivity contribution in [3.05, 3.63) is 21.4 Å². The van der Waals surface area contributed by atoms with Gasteiger partial charge in [0, 0.05) is 18.0 Å². The van der Waals surface area contributed by atoms with E-state index in [9.17, 15) is 9.59 Å². The van der Waals surface area contributed by atoms with Gasteiger partial charge in [-0.15, -0.1) is 11.3 Å². The van der Waals surface area contributed by atoms with Crippen molar-refractivity contribution in [2.24, 2.45) is 0 Å². The summed E-state index contributed by atoms with van der Waals surface area (Å²) in [6, 6.07) is 1.97. The maximum Gasteiger partial charge on any atom is 0.329 e. The van der Waals surface area contributed by atoms with Crippen LogP contribution in [0.15, 0.2) is 6.07 Å². The van der Waals surface area contributed by atoms with Gasteiger partial charge in [0.15, 0.2) is 0 Å². The molecule has 1 amide bonds. The third-order valence-electron chi connectivity index (χ3n) is 3.72. The first kappa shape index (κ1) is 16.0. The number of aryl methyl sites for hydroxylation is 2. The van der Waals surface area contributed by atoms with Gasteiger partial charge in [-0.25, -0.2) is 4.79 Å². The number of rotatable bonds is 5. The van der Waals surface area contributed by atoms with Gasteiger partial charge in [-0.3, -0.25) is 4.79 Å². The van der Waals surface area contributed by atoms with E-state index in [-0.39, 0.29) is 18.6 Å². The van der Waals surface area contributed by atoms with Gasteiger partial charge in [0.05, 0.1) is 11.0 Å². The fourth-order valence-corrected chi connectivity index (χ4v) is 3.63. The van der Waals surface area contributed by atoms with Gasteiger partial charge in [0.2, 0.25) is 0 Å². The highest BCUT2D eigenvalue weighted by atomic mass is 32.1. The number of amides is 1. The van der Waals surface area contributed by atoms with Crippen molar-refractivity contribution in [2.45, 2.75) is 39.2 Å². The molecule has 1 aliphatic rings. The van der Waals surface area contributed by atoms with Crippen molar-refractivity contribution in [1.82, 2.24) is 4.90 Å². The minimum absolute atomic E-state index is 0.0542. The topological polar surface area (TPSA) is 66.8 Å². The van der Waals surface area contributed by atoms with Gasteiger partial charge < -0.3 is 14.7 Å². The molecule has 1 aromatic heterocycles. The number of nitrogens with zero attached hydrogens (tertiary/aromatic N) is 1. The van der Waals surface area contributed by atoms with Crippen LogP contribution in [0.4, 0.5) is 0 Å². The number of ether oxygens (including phenoxy) is 1. The summed E-state index contributed by atoms with van der Waals surface area (Å²) < 4.78 is 5.28. The van der Waals surface area contributed by atoms with E-state index in [1.165, 1.54) is 10.4 Å². The lowest BCUT2D eigenvalue weighted by Crippen LogP contribution is -2.41. The van der Waals surface area contributed by atoms with Crippen LogP contribution in [0, 0.1) is 6.92 Å². The molecule has 21 heavy (non-hydrogen) atoms. The average molecular weight is 311 g/mol. The molecule has 0 unspecified atom stereocenters. The standard InChI is InChI=1S/C15H21NO4S/c1-3-12-10(2)8-13(21-12)15(19)16-6-4-11(5-7-16)20-9-14(17)18/h8,11H,3-7,9H2,1-2H3,(H,17,18). The van der Waals surface area contributed by atoms with Crippen LogP contribution in [0.25, 0.3) is 0 Å². The molecule has 1 N–H and O–H groups in total. The van der Waals surface area contributed by atoms with E-state index >= 15 is 0 Å². The van der Waals surface area contributed by atoms with Crippen LogP contribution in [-0.2, 0) is 16.0 Å². The predicted molar refractivity (Wildman–Crippen MR) is 80.9 cm³/mol. The van der Waals surface area contributed by atoms with Crippen molar-refractivity contribution in [3.63, 3.8) is 0 Å². The van der Waals surface area contributed by atoms with Gasteiger partial charge in [0.25, 0.3) is 5.91 Å². The normalized spacial score (nSPS) is 16.2. The summed E-state index contributed by atoms with van der Waals surface area (Å²) in [6.45, 7) is 5.13. The number of aliphatic carboxylic acids is 1. The van der Waals surface area contributed by atoms with Crippen molar-refractivity contribution in [2.75, 3.05) is 19.7 Å². The number of hydrogen-bond donors (Lipinski definition) is 1. The minimum atomic E-state index is -0.949. The summed E-state index contributed by atoms with van der Waals surface area (Å²) in [5, 5.41) is 8.60. The quantitative estimate of drug-likeness (QED) is 0.906. The van der Waals surface area contributed by atoms with Crippen molar-refractivity contribution in [1.29, 1.82) is 0 Å². The Balaban J connectivity index is 1.89. The first-order chi connectivity index (χ1) is 10.0. The second-order valence-electron chi connectivity index (χ2n) is 5.27. The highest BCUT2D eigenvalue weighted by Gasteiger charge is 2.25. The number of piperidine rings is 1. The molecule has 0 aromatic carbocycles. The summed E-state index contributed by atoms with van der Waals surface area (Å²) in [5.74, 6) is -0.867. The smallest absolute Gasteiger partial charge is 0.329 e. The maximum atomic E-state index is 12.5. The number of carbonyl (C=O) groups excluding carboxylic acids is 1. The molecule has 0 bridgehead atoms. The number of carboxylic acid groups (broad SMARTS) is 1. The number of thiophene rings is 1. The van der Waals surface area contributed by atoms with Crippen molar-refractivity contribution >= 4 is 23.2 Å². The summed E-state index contributed by atoms with van der Waals surface area (Å²) in [5.41, 5.74) is 1.19. The molecular formula is C15H21NO4S. The van der Waals surface area contributed by atoms with Crippen LogP contribution in [0.5, 0.6) is 0 Å². The second-order valence-corrected chi connectivity index (χ2v) is 6.40. The van der Waals surface area contributed by atoms with E-state index in [2.05, 4.69) is 6.92 Å². The summed E-state index contributed by atoms with van der Waals surface area (Å²) in [4.78, 5) is 26.8. The molecule has 0 saturated carbocycles. The summed E-state index contributed by atoms with van der Waals surface area (Å²) >= 11 is 1.58. The van der Waals surface area contributed by atoms with Gasteiger partial charge in [-0.05, 0) is 37.8 Å². The zero-order valence-corrected chi connectivity index (χ0v) is 13.2. The first-order valence-electron chi connectivity index (χ1n) is 7.23. The molecule has 0 radical (unpaired) electrons. The van der Waals surface area contributed by atoms with Gasteiger partial charge in [-0.2, -0.15) is 0 Å². The van der Waals surface area contributed by atoms with E-state index < -0.39 is 5.97 Å². The Morgan fingerprint density at radius 3 is 2.62 bits per heavy atom. The Kier molecular flexibility index (Phi) is 5.36. The molecule has 2 rings (SSSR count). The van der Waals surface area contributed by atoms with E-state index in [4.69, 9.17) is 9.84 Å². The molecule has 6 heteroatoms. The predicted octanol–water partition coefficient (Wildman–Crippen LogP) is 2.32. The monoisotopic (exact) mass is 311 g/mol. The SMILES string of the molecule is CCc1sc(C(=O)N2CCC(OCC(=O)O)CC2)cc1C. The van der Waals surface area contributed by atoms with E-state index in [0.29, 0.717) is 25.9 Å². The third-order valence-corrected chi connectivity index (χ3v) is 5.09. The van der Waals surface area contributed by atoms with Crippen LogP contribution in [-0.4, -0.2) is 47.7 Å². The highest BCUT2D eigenvalue weighted by molar-refractivity contribution is 7.14. The van der Waals surface area contributed by atoms with Crippen LogP contribution in [0.1, 0.15) is 39.9 Å². The fraction of sp³-hybridized carbons (Fsp3) is 0.600. The number of carboxylic acids is 1. The summed E-state index contributed by atoms with van der Waals surface area (Å²) in [6.07, 6.45) is 2.30. The number of carbonyl (C=O) groups is 2. The van der Waals surface area contributed by atoms with Gasteiger partial charge >= 0.3 is 5.97 Å². The van der Waals surface area contributed by atoms with Crippen LogP contribution >= 0.6 is 11.3 Å². The van der Waals surface area contributed by atoms with Crippen LogP contribution in [0.2, 0.25) is 0 Å². The zero-order valence-electron chi connectivity index (χ0n) is 12.4. The molecule has 0 atom stereocenters. The summed E-state index contributed by atoms with van der Waals surface area (Å²) in [7, 11) is 0. The number of likely N-dealkylation sites (tertiary alicyclic amines) is 1. The molecule has 0 spiro atoms.